The number of hydrogen-bond donors (Lipinski definition) is 2. The van der Waals surface area contributed by atoms with Gasteiger partial charge in [-0.25, -0.2) is 4.98 Å². The summed E-state index contributed by atoms with van der Waals surface area (Å²) in [6, 6.07) is 2.80. The number of anilines is 1. The van der Waals surface area contributed by atoms with E-state index in [1.807, 2.05) is 13.8 Å². The van der Waals surface area contributed by atoms with E-state index in [4.69, 9.17) is 0 Å². The van der Waals surface area contributed by atoms with Crippen molar-refractivity contribution in [1.82, 2.24) is 10.3 Å². The van der Waals surface area contributed by atoms with Gasteiger partial charge in [0.2, 0.25) is 5.91 Å². The second kappa shape index (κ2) is 7.47. The van der Waals surface area contributed by atoms with Gasteiger partial charge in [-0.1, -0.05) is 19.9 Å². The van der Waals surface area contributed by atoms with Crippen molar-refractivity contribution in [3.05, 3.63) is 33.5 Å². The minimum absolute atomic E-state index is 0.0915. The standard InChI is InChI=1S/C15H17N3O3S2/c1-8(2)12(17-13(20)11-5-4-6-22-11)14(21)18-15-16-10(7-23-15)9(3)19/h4-8,12H,1-3H3,(H,17,20)(H,16,18,21). The van der Waals surface area contributed by atoms with Gasteiger partial charge in [0.25, 0.3) is 5.91 Å². The first-order valence-electron chi connectivity index (χ1n) is 7.00. The smallest absolute Gasteiger partial charge is 0.262 e. The SMILES string of the molecule is CC(=O)c1csc(NC(=O)C(NC(=O)c2cccs2)C(C)C)n1. The predicted molar refractivity (Wildman–Crippen MR) is 91.2 cm³/mol. The van der Waals surface area contributed by atoms with Crippen molar-refractivity contribution < 1.29 is 14.4 Å². The number of rotatable bonds is 6. The second-order valence-electron chi connectivity index (χ2n) is 5.26. The van der Waals surface area contributed by atoms with E-state index in [9.17, 15) is 14.4 Å². The van der Waals surface area contributed by atoms with Crippen molar-refractivity contribution >= 4 is 45.4 Å². The zero-order valence-electron chi connectivity index (χ0n) is 13.0. The van der Waals surface area contributed by atoms with E-state index in [0.717, 1.165) is 0 Å². The van der Waals surface area contributed by atoms with Crippen molar-refractivity contribution in [1.29, 1.82) is 0 Å². The number of hydrogen-bond acceptors (Lipinski definition) is 6. The van der Waals surface area contributed by atoms with Crippen LogP contribution in [0, 0.1) is 5.92 Å². The zero-order valence-corrected chi connectivity index (χ0v) is 14.6. The van der Waals surface area contributed by atoms with Crippen LogP contribution >= 0.6 is 22.7 Å². The molecular weight excluding hydrogens is 334 g/mol. The molecule has 2 aromatic rings. The molecule has 2 aromatic heterocycles. The summed E-state index contributed by atoms with van der Waals surface area (Å²) in [5, 5.41) is 9.13. The molecule has 0 aliphatic rings. The highest BCUT2D eigenvalue weighted by Crippen LogP contribution is 2.17. The topological polar surface area (TPSA) is 88.2 Å². The Hall–Kier alpha value is -2.06. The van der Waals surface area contributed by atoms with Gasteiger partial charge in [0.15, 0.2) is 10.9 Å². The molecular formula is C15H17N3O3S2. The summed E-state index contributed by atoms with van der Waals surface area (Å²) in [7, 11) is 0. The van der Waals surface area contributed by atoms with Crippen LogP contribution in [-0.4, -0.2) is 28.6 Å². The molecule has 0 spiro atoms. The fraction of sp³-hybridized carbons (Fsp3) is 0.333. The van der Waals surface area contributed by atoms with Crippen LogP contribution in [0.5, 0.6) is 0 Å². The summed E-state index contributed by atoms with van der Waals surface area (Å²) in [6.07, 6.45) is 0. The van der Waals surface area contributed by atoms with Crippen LogP contribution in [0.1, 0.15) is 40.9 Å². The Labute approximate surface area is 141 Å². The fourth-order valence-corrected chi connectivity index (χ4v) is 3.21. The summed E-state index contributed by atoms with van der Waals surface area (Å²) in [6.45, 7) is 5.11. The lowest BCUT2D eigenvalue weighted by Crippen LogP contribution is -2.46. The van der Waals surface area contributed by atoms with Crippen molar-refractivity contribution in [2.24, 2.45) is 5.92 Å². The van der Waals surface area contributed by atoms with Crippen LogP contribution in [0.25, 0.3) is 0 Å². The molecule has 0 radical (unpaired) electrons. The number of thiazole rings is 1. The third kappa shape index (κ3) is 4.46. The lowest BCUT2D eigenvalue weighted by atomic mass is 10.0. The van der Waals surface area contributed by atoms with Gasteiger partial charge in [-0.2, -0.15) is 0 Å². The number of ketones is 1. The number of amides is 2. The maximum atomic E-state index is 12.4. The molecule has 8 heteroatoms. The predicted octanol–water partition coefficient (Wildman–Crippen LogP) is 2.80. The Kier molecular flexibility index (Phi) is 5.62. The summed E-state index contributed by atoms with van der Waals surface area (Å²) in [5.41, 5.74) is 0.314. The molecule has 2 amide bonds. The van der Waals surface area contributed by atoms with Crippen molar-refractivity contribution in [2.45, 2.75) is 26.8 Å². The van der Waals surface area contributed by atoms with Crippen LogP contribution in [-0.2, 0) is 4.79 Å². The minimum Gasteiger partial charge on any atom is -0.339 e. The molecule has 6 nitrogen and oxygen atoms in total. The van der Waals surface area contributed by atoms with Crippen molar-refractivity contribution in [3.63, 3.8) is 0 Å². The molecule has 0 bridgehead atoms. The maximum Gasteiger partial charge on any atom is 0.262 e. The van der Waals surface area contributed by atoms with Gasteiger partial charge in [-0.3, -0.25) is 14.4 Å². The van der Waals surface area contributed by atoms with Gasteiger partial charge >= 0.3 is 0 Å². The molecule has 2 N–H and O–H groups in total. The highest BCUT2D eigenvalue weighted by atomic mass is 32.1. The first kappa shape index (κ1) is 17.3. The van der Waals surface area contributed by atoms with Crippen LogP contribution in [0.3, 0.4) is 0 Å². The van der Waals surface area contributed by atoms with Crippen LogP contribution in [0.4, 0.5) is 5.13 Å². The molecule has 0 aliphatic carbocycles. The Morgan fingerprint density at radius 2 is 1.96 bits per heavy atom. The average molecular weight is 351 g/mol. The minimum atomic E-state index is -0.686. The molecule has 0 fully saturated rings. The zero-order chi connectivity index (χ0) is 17.0. The Morgan fingerprint density at radius 1 is 1.22 bits per heavy atom. The molecule has 1 unspecified atom stereocenters. The van der Waals surface area contributed by atoms with E-state index in [2.05, 4.69) is 15.6 Å². The molecule has 0 aromatic carbocycles. The number of aromatic nitrogens is 1. The molecule has 23 heavy (non-hydrogen) atoms. The van der Waals surface area contributed by atoms with E-state index in [1.165, 1.54) is 29.6 Å². The van der Waals surface area contributed by atoms with Crippen molar-refractivity contribution in [2.75, 3.05) is 5.32 Å². The largest absolute Gasteiger partial charge is 0.339 e. The molecule has 0 saturated heterocycles. The molecule has 2 rings (SSSR count). The van der Waals surface area contributed by atoms with Gasteiger partial charge in [-0.15, -0.1) is 22.7 Å². The summed E-state index contributed by atoms with van der Waals surface area (Å²) >= 11 is 2.49. The Bertz CT molecular complexity index is 707. The summed E-state index contributed by atoms with van der Waals surface area (Å²) < 4.78 is 0. The van der Waals surface area contributed by atoms with Crippen LogP contribution in [0.15, 0.2) is 22.9 Å². The highest BCUT2D eigenvalue weighted by Gasteiger charge is 2.25. The normalized spacial score (nSPS) is 12.0. The first-order valence-corrected chi connectivity index (χ1v) is 8.76. The average Bonchev–Trinajstić information content (AvgIpc) is 3.14. The first-order chi connectivity index (χ1) is 10.9. The summed E-state index contributed by atoms with van der Waals surface area (Å²) in [4.78, 5) is 40.4. The Morgan fingerprint density at radius 3 is 2.48 bits per heavy atom. The van der Waals surface area contributed by atoms with Crippen LogP contribution in [0.2, 0.25) is 0 Å². The molecule has 0 saturated carbocycles. The quantitative estimate of drug-likeness (QED) is 0.783. The molecule has 0 aliphatic heterocycles. The summed E-state index contributed by atoms with van der Waals surface area (Å²) in [5.74, 6) is -0.883. The number of carbonyl (C=O) groups excluding carboxylic acids is 3. The number of Topliss-reactive ketones (excluding diaryl/α,β-unsaturated/α-hetero) is 1. The Balaban J connectivity index is 2.05. The van der Waals surface area contributed by atoms with Gasteiger partial charge in [-0.05, 0) is 17.4 Å². The van der Waals surface area contributed by atoms with Gasteiger partial charge in [0, 0.05) is 12.3 Å². The lowest BCUT2D eigenvalue weighted by Gasteiger charge is -2.20. The lowest BCUT2D eigenvalue weighted by molar-refractivity contribution is -0.118. The molecule has 2 heterocycles. The van der Waals surface area contributed by atoms with E-state index in [0.29, 0.717) is 15.7 Å². The fourth-order valence-electron chi connectivity index (χ4n) is 1.83. The molecule has 122 valence electrons. The monoisotopic (exact) mass is 351 g/mol. The number of nitrogens with one attached hydrogen (secondary N) is 2. The number of carbonyl (C=O) groups is 3. The van der Waals surface area contributed by atoms with E-state index in [-0.39, 0.29) is 23.5 Å². The highest BCUT2D eigenvalue weighted by molar-refractivity contribution is 7.14. The van der Waals surface area contributed by atoms with Crippen LogP contribution < -0.4 is 10.6 Å². The molecule has 1 atom stereocenters. The van der Waals surface area contributed by atoms with Crippen molar-refractivity contribution in [3.8, 4) is 0 Å². The van der Waals surface area contributed by atoms with E-state index in [1.54, 1.807) is 22.9 Å². The van der Waals surface area contributed by atoms with E-state index < -0.39 is 6.04 Å². The third-order valence-electron chi connectivity index (χ3n) is 3.08. The second-order valence-corrected chi connectivity index (χ2v) is 7.06. The number of nitrogens with zero attached hydrogens (tertiary/aromatic N) is 1. The van der Waals surface area contributed by atoms with Gasteiger partial charge < -0.3 is 10.6 Å². The third-order valence-corrected chi connectivity index (χ3v) is 4.70. The van der Waals surface area contributed by atoms with Gasteiger partial charge in [0.1, 0.15) is 11.7 Å². The van der Waals surface area contributed by atoms with Gasteiger partial charge in [0.05, 0.1) is 4.88 Å². The maximum absolute atomic E-state index is 12.4. The van der Waals surface area contributed by atoms with E-state index >= 15 is 0 Å². The number of thiophene rings is 1.